The molecule has 0 fully saturated rings. The Morgan fingerprint density at radius 1 is 1.60 bits per heavy atom. The second-order valence-electron chi connectivity index (χ2n) is 3.95. The Hall–Kier alpha value is -1.86. The van der Waals surface area contributed by atoms with Crippen LogP contribution in [0.15, 0.2) is 33.5 Å². The van der Waals surface area contributed by atoms with Crippen LogP contribution in [0.1, 0.15) is 16.1 Å². The first-order valence-electron chi connectivity index (χ1n) is 5.73. The van der Waals surface area contributed by atoms with Crippen LogP contribution in [0.3, 0.4) is 0 Å². The molecule has 104 valence electrons. The standard InChI is InChI=1S/C13H12N2O3S2/c1-8-6-11(16)15-13(14-8)20-7-10-9(4-5-19-10)2-3-12(17)18/h2-6H,7H2,1H3,(H,17,18)(H,14,15,16). The van der Waals surface area contributed by atoms with E-state index in [0.29, 0.717) is 16.6 Å². The maximum Gasteiger partial charge on any atom is 0.328 e. The molecule has 0 amide bonds. The van der Waals surface area contributed by atoms with Crippen molar-refractivity contribution in [2.75, 3.05) is 0 Å². The summed E-state index contributed by atoms with van der Waals surface area (Å²) >= 11 is 2.96. The van der Waals surface area contributed by atoms with Gasteiger partial charge in [-0.05, 0) is 30.0 Å². The average molecular weight is 308 g/mol. The maximum atomic E-state index is 11.3. The van der Waals surface area contributed by atoms with E-state index < -0.39 is 5.97 Å². The molecular formula is C13H12N2O3S2. The molecule has 0 spiro atoms. The molecule has 2 N–H and O–H groups in total. The molecule has 0 aliphatic carbocycles. The molecule has 7 heteroatoms. The number of carbonyl (C=O) groups is 1. The summed E-state index contributed by atoms with van der Waals surface area (Å²) in [6.45, 7) is 1.77. The van der Waals surface area contributed by atoms with Crippen molar-refractivity contribution in [1.82, 2.24) is 9.97 Å². The Balaban J connectivity index is 2.09. The summed E-state index contributed by atoms with van der Waals surface area (Å²) in [5, 5.41) is 11.1. The Labute approximate surface area is 123 Å². The van der Waals surface area contributed by atoms with Gasteiger partial charge in [0.1, 0.15) is 0 Å². The number of rotatable bonds is 5. The highest BCUT2D eigenvalue weighted by Crippen LogP contribution is 2.26. The van der Waals surface area contributed by atoms with Crippen LogP contribution < -0.4 is 5.56 Å². The molecule has 0 aromatic carbocycles. The highest BCUT2D eigenvalue weighted by atomic mass is 32.2. The molecule has 20 heavy (non-hydrogen) atoms. The number of hydrogen-bond donors (Lipinski definition) is 2. The molecule has 0 aliphatic rings. The highest BCUT2D eigenvalue weighted by molar-refractivity contribution is 7.98. The number of aromatic amines is 1. The van der Waals surface area contributed by atoms with Gasteiger partial charge in [-0.2, -0.15) is 0 Å². The van der Waals surface area contributed by atoms with Crippen LogP contribution in [0.4, 0.5) is 0 Å². The predicted molar refractivity (Wildman–Crippen MR) is 80.1 cm³/mol. The Kier molecular flexibility index (Phi) is 4.75. The monoisotopic (exact) mass is 308 g/mol. The van der Waals surface area contributed by atoms with Gasteiger partial charge in [0.05, 0.1) is 0 Å². The summed E-state index contributed by atoms with van der Waals surface area (Å²) in [4.78, 5) is 29.8. The van der Waals surface area contributed by atoms with Crippen molar-refractivity contribution < 1.29 is 9.90 Å². The van der Waals surface area contributed by atoms with E-state index in [4.69, 9.17) is 5.11 Å². The van der Waals surface area contributed by atoms with Gasteiger partial charge in [0, 0.05) is 28.5 Å². The quantitative estimate of drug-likeness (QED) is 0.504. The van der Waals surface area contributed by atoms with E-state index in [9.17, 15) is 9.59 Å². The van der Waals surface area contributed by atoms with Crippen molar-refractivity contribution in [2.24, 2.45) is 0 Å². The van der Waals surface area contributed by atoms with E-state index in [2.05, 4.69) is 9.97 Å². The first kappa shape index (κ1) is 14.5. The second kappa shape index (κ2) is 6.53. The SMILES string of the molecule is Cc1cc(=O)[nH]c(SCc2sccc2C=CC(=O)O)n1. The predicted octanol–water partition coefficient (Wildman–Crippen LogP) is 2.53. The zero-order valence-corrected chi connectivity index (χ0v) is 12.3. The topological polar surface area (TPSA) is 83.0 Å². The van der Waals surface area contributed by atoms with E-state index in [-0.39, 0.29) is 5.56 Å². The van der Waals surface area contributed by atoms with Gasteiger partial charge in [-0.15, -0.1) is 11.3 Å². The normalized spacial score (nSPS) is 11.1. The Morgan fingerprint density at radius 2 is 2.40 bits per heavy atom. The molecule has 0 aliphatic heterocycles. The van der Waals surface area contributed by atoms with E-state index in [1.807, 2.05) is 11.4 Å². The molecule has 0 radical (unpaired) electrons. The van der Waals surface area contributed by atoms with Gasteiger partial charge < -0.3 is 10.1 Å². The van der Waals surface area contributed by atoms with E-state index in [0.717, 1.165) is 16.5 Å². The van der Waals surface area contributed by atoms with Gasteiger partial charge in [0.15, 0.2) is 5.16 Å². The molecule has 0 atom stereocenters. The van der Waals surface area contributed by atoms with Gasteiger partial charge in [-0.25, -0.2) is 9.78 Å². The number of H-pyrrole nitrogens is 1. The number of nitrogens with zero attached hydrogens (tertiary/aromatic N) is 1. The van der Waals surface area contributed by atoms with Crippen molar-refractivity contribution >= 4 is 35.1 Å². The third-order valence-electron chi connectivity index (χ3n) is 2.37. The molecule has 0 unspecified atom stereocenters. The van der Waals surface area contributed by atoms with Gasteiger partial charge in [0.2, 0.25) is 0 Å². The molecule has 2 aromatic rings. The van der Waals surface area contributed by atoms with Crippen LogP contribution in [-0.4, -0.2) is 21.0 Å². The lowest BCUT2D eigenvalue weighted by molar-refractivity contribution is -0.131. The summed E-state index contributed by atoms with van der Waals surface area (Å²) in [5.74, 6) is -0.344. The smallest absolute Gasteiger partial charge is 0.328 e. The summed E-state index contributed by atoms with van der Waals surface area (Å²) in [5.41, 5.74) is 1.38. The zero-order valence-electron chi connectivity index (χ0n) is 10.6. The number of aliphatic carboxylic acids is 1. The van der Waals surface area contributed by atoms with Crippen LogP contribution in [-0.2, 0) is 10.5 Å². The summed E-state index contributed by atoms with van der Waals surface area (Å²) in [6, 6.07) is 3.31. The summed E-state index contributed by atoms with van der Waals surface area (Å²) in [6.07, 6.45) is 2.68. The highest BCUT2D eigenvalue weighted by Gasteiger charge is 2.05. The average Bonchev–Trinajstić information content (AvgIpc) is 2.80. The van der Waals surface area contributed by atoms with Crippen molar-refractivity contribution in [3.63, 3.8) is 0 Å². The van der Waals surface area contributed by atoms with Gasteiger partial charge in [-0.3, -0.25) is 4.79 Å². The summed E-state index contributed by atoms with van der Waals surface area (Å²) < 4.78 is 0. The van der Waals surface area contributed by atoms with Gasteiger partial charge >= 0.3 is 5.97 Å². The van der Waals surface area contributed by atoms with Crippen LogP contribution in [0.2, 0.25) is 0 Å². The number of aromatic nitrogens is 2. The number of hydrogen-bond acceptors (Lipinski definition) is 5. The number of aryl methyl sites for hydroxylation is 1. The van der Waals surface area contributed by atoms with Crippen LogP contribution in [0.25, 0.3) is 6.08 Å². The number of carboxylic acid groups (broad SMARTS) is 1. The van der Waals surface area contributed by atoms with Crippen LogP contribution >= 0.6 is 23.1 Å². The molecule has 2 aromatic heterocycles. The minimum Gasteiger partial charge on any atom is -0.478 e. The van der Waals surface area contributed by atoms with Gasteiger partial charge in [0.25, 0.3) is 5.56 Å². The number of nitrogens with one attached hydrogen (secondary N) is 1. The summed E-state index contributed by atoms with van der Waals surface area (Å²) in [7, 11) is 0. The van der Waals surface area contributed by atoms with Gasteiger partial charge in [-0.1, -0.05) is 11.8 Å². The van der Waals surface area contributed by atoms with Crippen LogP contribution in [0, 0.1) is 6.92 Å². The fourth-order valence-electron chi connectivity index (χ4n) is 1.53. The van der Waals surface area contributed by atoms with E-state index in [1.165, 1.54) is 17.8 Å². The lowest BCUT2D eigenvalue weighted by Crippen LogP contribution is -2.07. The molecule has 0 bridgehead atoms. The Bertz CT molecular complexity index is 704. The van der Waals surface area contributed by atoms with Crippen molar-refractivity contribution in [3.05, 3.63) is 50.1 Å². The zero-order chi connectivity index (χ0) is 14.5. The number of thioether (sulfide) groups is 1. The van der Waals surface area contributed by atoms with Crippen LogP contribution in [0.5, 0.6) is 0 Å². The molecule has 0 saturated heterocycles. The minimum atomic E-state index is -0.973. The molecular weight excluding hydrogens is 296 g/mol. The van der Waals surface area contributed by atoms with E-state index in [1.54, 1.807) is 24.3 Å². The first-order valence-corrected chi connectivity index (χ1v) is 7.59. The van der Waals surface area contributed by atoms with Crippen molar-refractivity contribution in [3.8, 4) is 0 Å². The number of thiophene rings is 1. The van der Waals surface area contributed by atoms with Crippen molar-refractivity contribution in [1.29, 1.82) is 0 Å². The lowest BCUT2D eigenvalue weighted by Gasteiger charge is -2.01. The molecule has 2 rings (SSSR count). The molecule has 5 nitrogen and oxygen atoms in total. The first-order chi connectivity index (χ1) is 9.54. The maximum absolute atomic E-state index is 11.3. The lowest BCUT2D eigenvalue weighted by atomic mass is 10.2. The number of carboxylic acids is 1. The minimum absolute atomic E-state index is 0.169. The Morgan fingerprint density at radius 3 is 3.10 bits per heavy atom. The second-order valence-corrected chi connectivity index (χ2v) is 5.92. The van der Waals surface area contributed by atoms with Crippen molar-refractivity contribution in [2.45, 2.75) is 17.8 Å². The largest absolute Gasteiger partial charge is 0.478 e. The fourth-order valence-corrected chi connectivity index (χ4v) is 3.45. The molecule has 0 saturated carbocycles. The molecule has 2 heterocycles. The third-order valence-corrected chi connectivity index (χ3v) is 4.39. The fraction of sp³-hybridized carbons (Fsp3) is 0.154. The third kappa shape index (κ3) is 4.07. The van der Waals surface area contributed by atoms with E-state index >= 15 is 0 Å².